The highest BCUT2D eigenvalue weighted by atomic mass is 32.2. The molecule has 2 aromatic rings. The smallest absolute Gasteiger partial charge is 0.325 e. The molecular weight excluding hydrogens is 272 g/mol. The van der Waals surface area contributed by atoms with Crippen LogP contribution in [0, 0.1) is 6.92 Å². The maximum absolute atomic E-state index is 11.8. The summed E-state index contributed by atoms with van der Waals surface area (Å²) >= 11 is 1.89. The number of nitrogens with one attached hydrogen (secondary N) is 1. The predicted octanol–water partition coefficient (Wildman–Crippen LogP) is 2.65. The number of aryl methyl sites for hydroxylation is 1. The number of carboxylic acid groups (broad SMARTS) is 1. The Morgan fingerprint density at radius 2 is 2.05 bits per heavy atom. The Labute approximate surface area is 122 Å². The Kier molecular flexibility index (Phi) is 3.72. The van der Waals surface area contributed by atoms with Gasteiger partial charge in [-0.3, -0.25) is 9.69 Å². The van der Waals surface area contributed by atoms with Crippen LogP contribution >= 0.6 is 11.8 Å². The number of carbonyl (C=O) groups is 1. The van der Waals surface area contributed by atoms with Crippen LogP contribution in [0.2, 0.25) is 0 Å². The fourth-order valence-electron chi connectivity index (χ4n) is 2.95. The third kappa shape index (κ3) is 2.31. The van der Waals surface area contributed by atoms with Gasteiger partial charge in [0.05, 0.1) is 0 Å². The minimum atomic E-state index is -0.759. The predicted molar refractivity (Wildman–Crippen MR) is 82.3 cm³/mol. The highest BCUT2D eigenvalue weighted by Gasteiger charge is 2.32. The van der Waals surface area contributed by atoms with Crippen molar-refractivity contribution in [3.05, 3.63) is 35.5 Å². The number of thioether (sulfide) groups is 1. The van der Waals surface area contributed by atoms with Crippen molar-refractivity contribution in [3.8, 4) is 0 Å². The van der Waals surface area contributed by atoms with E-state index in [-0.39, 0.29) is 0 Å². The second kappa shape index (κ2) is 5.50. The van der Waals surface area contributed by atoms with E-state index in [2.05, 4.69) is 9.88 Å². The van der Waals surface area contributed by atoms with Crippen molar-refractivity contribution >= 4 is 28.6 Å². The lowest BCUT2D eigenvalue weighted by molar-refractivity contribution is -0.143. The zero-order chi connectivity index (χ0) is 14.1. The lowest BCUT2D eigenvalue weighted by Gasteiger charge is -2.32. The van der Waals surface area contributed by atoms with Gasteiger partial charge in [-0.1, -0.05) is 18.2 Å². The first-order chi connectivity index (χ1) is 9.68. The number of benzene rings is 1. The van der Waals surface area contributed by atoms with Crippen LogP contribution < -0.4 is 0 Å². The summed E-state index contributed by atoms with van der Waals surface area (Å²) in [5, 5.41) is 10.7. The first kappa shape index (κ1) is 13.5. The van der Waals surface area contributed by atoms with E-state index in [0.29, 0.717) is 0 Å². The van der Waals surface area contributed by atoms with Gasteiger partial charge in [0, 0.05) is 46.8 Å². The number of aromatic nitrogens is 1. The third-order valence-corrected chi connectivity index (χ3v) is 4.80. The van der Waals surface area contributed by atoms with Crippen molar-refractivity contribution in [3.63, 3.8) is 0 Å². The van der Waals surface area contributed by atoms with Crippen LogP contribution in [0.1, 0.15) is 17.3 Å². The van der Waals surface area contributed by atoms with E-state index in [1.165, 1.54) is 0 Å². The number of hydrogen-bond acceptors (Lipinski definition) is 3. The van der Waals surface area contributed by atoms with E-state index in [9.17, 15) is 9.90 Å². The van der Waals surface area contributed by atoms with E-state index in [1.807, 2.05) is 43.0 Å². The van der Waals surface area contributed by atoms with Crippen LogP contribution in [0.3, 0.4) is 0 Å². The first-order valence-corrected chi connectivity index (χ1v) is 7.96. The van der Waals surface area contributed by atoms with Gasteiger partial charge in [-0.15, -0.1) is 0 Å². The van der Waals surface area contributed by atoms with Crippen LogP contribution in [-0.4, -0.2) is 45.6 Å². The summed E-state index contributed by atoms with van der Waals surface area (Å²) in [7, 11) is 0. The van der Waals surface area contributed by atoms with Crippen LogP contribution in [0.4, 0.5) is 0 Å². The maximum atomic E-state index is 11.8. The Bertz CT molecular complexity index is 632. The Morgan fingerprint density at radius 1 is 1.35 bits per heavy atom. The quantitative estimate of drug-likeness (QED) is 0.912. The van der Waals surface area contributed by atoms with Gasteiger partial charge in [-0.05, 0) is 13.0 Å². The Hall–Kier alpha value is -1.46. The number of H-pyrrole nitrogens is 1. The highest BCUT2D eigenvalue weighted by Crippen LogP contribution is 2.32. The number of aliphatic carboxylic acids is 1. The van der Waals surface area contributed by atoms with Gasteiger partial charge in [0.2, 0.25) is 0 Å². The van der Waals surface area contributed by atoms with Crippen molar-refractivity contribution in [2.24, 2.45) is 0 Å². The van der Waals surface area contributed by atoms with Gasteiger partial charge in [0.1, 0.15) is 6.04 Å². The van der Waals surface area contributed by atoms with Gasteiger partial charge in [-0.25, -0.2) is 0 Å². The molecule has 0 radical (unpaired) electrons. The normalized spacial score (nSPS) is 18.2. The number of nitrogens with zero attached hydrogens (tertiary/aromatic N) is 1. The summed E-state index contributed by atoms with van der Waals surface area (Å²) in [5.74, 6) is 1.25. The summed E-state index contributed by atoms with van der Waals surface area (Å²) in [6.07, 6.45) is 0. The standard InChI is InChI=1S/C15H18N2O2S/c1-10-13(11-4-2-3-5-12(11)16-10)14(15(18)19)17-6-8-20-9-7-17/h2-5,14,16H,6-9H2,1H3,(H,18,19). The Morgan fingerprint density at radius 3 is 2.75 bits per heavy atom. The highest BCUT2D eigenvalue weighted by molar-refractivity contribution is 7.99. The molecule has 4 nitrogen and oxygen atoms in total. The topological polar surface area (TPSA) is 56.3 Å². The van der Waals surface area contributed by atoms with Crippen LogP contribution in [0.15, 0.2) is 24.3 Å². The molecule has 0 bridgehead atoms. The molecule has 1 fully saturated rings. The largest absolute Gasteiger partial charge is 0.480 e. The van der Waals surface area contributed by atoms with E-state index in [4.69, 9.17) is 0 Å². The fraction of sp³-hybridized carbons (Fsp3) is 0.400. The molecule has 1 aromatic heterocycles. The molecule has 0 saturated carbocycles. The minimum Gasteiger partial charge on any atom is -0.480 e. The van der Waals surface area contributed by atoms with Gasteiger partial charge in [0.25, 0.3) is 0 Å². The minimum absolute atomic E-state index is 0.549. The van der Waals surface area contributed by atoms with Crippen LogP contribution in [0.5, 0.6) is 0 Å². The number of fused-ring (bicyclic) bond motifs is 1. The van der Waals surface area contributed by atoms with Crippen LogP contribution in [0.25, 0.3) is 10.9 Å². The van der Waals surface area contributed by atoms with Crippen molar-refractivity contribution in [1.82, 2.24) is 9.88 Å². The second-order valence-corrected chi connectivity index (χ2v) is 6.32. The molecule has 20 heavy (non-hydrogen) atoms. The molecule has 2 N–H and O–H groups in total. The monoisotopic (exact) mass is 290 g/mol. The molecule has 1 aliphatic heterocycles. The molecule has 1 atom stereocenters. The average molecular weight is 290 g/mol. The zero-order valence-electron chi connectivity index (χ0n) is 11.4. The number of carboxylic acids is 1. The van der Waals surface area contributed by atoms with E-state index < -0.39 is 12.0 Å². The fourth-order valence-corrected chi connectivity index (χ4v) is 3.88. The maximum Gasteiger partial charge on any atom is 0.325 e. The summed E-state index contributed by atoms with van der Waals surface area (Å²) in [6, 6.07) is 7.38. The molecule has 5 heteroatoms. The van der Waals surface area contributed by atoms with Crippen molar-refractivity contribution in [2.45, 2.75) is 13.0 Å². The Balaban J connectivity index is 2.09. The molecule has 2 heterocycles. The number of para-hydroxylation sites is 1. The number of hydrogen-bond donors (Lipinski definition) is 2. The molecule has 3 rings (SSSR count). The van der Waals surface area contributed by atoms with E-state index in [0.717, 1.165) is 46.8 Å². The van der Waals surface area contributed by atoms with Gasteiger partial charge >= 0.3 is 5.97 Å². The van der Waals surface area contributed by atoms with Gasteiger partial charge in [0.15, 0.2) is 0 Å². The summed E-state index contributed by atoms with van der Waals surface area (Å²) < 4.78 is 0. The molecule has 106 valence electrons. The third-order valence-electron chi connectivity index (χ3n) is 3.86. The van der Waals surface area contributed by atoms with Gasteiger partial charge < -0.3 is 10.1 Å². The molecule has 0 amide bonds. The molecule has 1 aliphatic rings. The average Bonchev–Trinajstić information content (AvgIpc) is 2.77. The number of rotatable bonds is 3. The molecule has 0 spiro atoms. The molecule has 1 unspecified atom stereocenters. The van der Waals surface area contributed by atoms with Crippen molar-refractivity contribution in [1.29, 1.82) is 0 Å². The van der Waals surface area contributed by atoms with Crippen LogP contribution in [-0.2, 0) is 4.79 Å². The summed E-state index contributed by atoms with van der Waals surface area (Å²) in [4.78, 5) is 17.2. The second-order valence-electron chi connectivity index (χ2n) is 5.10. The first-order valence-electron chi connectivity index (χ1n) is 6.80. The van der Waals surface area contributed by atoms with E-state index in [1.54, 1.807) is 0 Å². The lowest BCUT2D eigenvalue weighted by atomic mass is 10.0. The van der Waals surface area contributed by atoms with E-state index >= 15 is 0 Å². The molecular formula is C15H18N2O2S. The molecule has 0 aliphatic carbocycles. The summed E-state index contributed by atoms with van der Waals surface area (Å²) in [5.41, 5.74) is 2.88. The van der Waals surface area contributed by atoms with Gasteiger partial charge in [-0.2, -0.15) is 11.8 Å². The van der Waals surface area contributed by atoms with Crippen molar-refractivity contribution in [2.75, 3.05) is 24.6 Å². The lowest BCUT2D eigenvalue weighted by Crippen LogP contribution is -2.40. The summed E-state index contributed by atoms with van der Waals surface area (Å²) in [6.45, 7) is 3.63. The van der Waals surface area contributed by atoms with Crippen molar-refractivity contribution < 1.29 is 9.90 Å². The SMILES string of the molecule is Cc1[nH]c2ccccc2c1C(C(=O)O)N1CCSCC1. The zero-order valence-corrected chi connectivity index (χ0v) is 12.2. The molecule has 1 aromatic carbocycles. The molecule has 1 saturated heterocycles. The number of aromatic amines is 1.